The molecule has 1 amide bonds. The standard InChI is InChI=1S/C17H15N3O3S/c21-16-10-24-17(14-9-18-15-7-2-1-6-13(14)15)19(16)11-4-3-5-12(8-11)20(22)23/h1-9,17-18,20,22H,10H2. The van der Waals surface area contributed by atoms with Gasteiger partial charge in [0, 0.05) is 34.8 Å². The van der Waals surface area contributed by atoms with E-state index in [2.05, 4.69) is 4.98 Å². The zero-order chi connectivity index (χ0) is 16.7. The number of rotatable bonds is 3. The lowest BCUT2D eigenvalue weighted by molar-refractivity contribution is -0.991. The number of amides is 1. The Kier molecular flexibility index (Phi) is 3.78. The third-order valence-corrected chi connectivity index (χ3v) is 5.32. The van der Waals surface area contributed by atoms with Crippen molar-refractivity contribution in [3.8, 4) is 0 Å². The van der Waals surface area contributed by atoms with Crippen molar-refractivity contribution < 1.29 is 15.2 Å². The predicted molar refractivity (Wildman–Crippen MR) is 93.2 cm³/mol. The van der Waals surface area contributed by atoms with Crippen molar-refractivity contribution >= 4 is 39.9 Å². The van der Waals surface area contributed by atoms with Crippen LogP contribution in [0.15, 0.2) is 54.7 Å². The second-order valence-corrected chi connectivity index (χ2v) is 6.64. The quantitative estimate of drug-likeness (QED) is 0.639. The van der Waals surface area contributed by atoms with Crippen LogP contribution < -0.4 is 10.1 Å². The van der Waals surface area contributed by atoms with Crippen LogP contribution >= 0.6 is 11.8 Å². The minimum absolute atomic E-state index is 0.0159. The first-order valence-corrected chi connectivity index (χ1v) is 8.53. The number of quaternary nitrogens is 1. The van der Waals surface area contributed by atoms with Gasteiger partial charge in [0.05, 0.1) is 11.4 Å². The molecule has 6 nitrogen and oxygen atoms in total. The van der Waals surface area contributed by atoms with Gasteiger partial charge in [-0.3, -0.25) is 9.69 Å². The molecule has 2 aromatic carbocycles. The Hall–Kier alpha value is -2.32. The van der Waals surface area contributed by atoms with Crippen molar-refractivity contribution in [2.45, 2.75) is 5.37 Å². The molecule has 3 aromatic rings. The lowest BCUT2D eigenvalue weighted by Gasteiger charge is -2.24. The fraction of sp³-hybridized carbons (Fsp3) is 0.118. The third kappa shape index (κ3) is 2.47. The highest BCUT2D eigenvalue weighted by Gasteiger charge is 2.35. The summed E-state index contributed by atoms with van der Waals surface area (Å²) in [6, 6.07) is 14.5. The van der Waals surface area contributed by atoms with E-state index in [4.69, 9.17) is 0 Å². The third-order valence-electron chi connectivity index (χ3n) is 4.13. The number of nitrogens with one attached hydrogen (secondary N) is 2. The van der Waals surface area contributed by atoms with E-state index in [9.17, 15) is 15.2 Å². The molecule has 0 aliphatic carbocycles. The van der Waals surface area contributed by atoms with Gasteiger partial charge in [0.15, 0.2) is 5.69 Å². The maximum Gasteiger partial charge on any atom is 0.238 e. The molecule has 1 fully saturated rings. The van der Waals surface area contributed by atoms with Crippen LogP contribution in [0.2, 0.25) is 0 Å². The second kappa shape index (κ2) is 5.95. The molecule has 1 aliphatic heterocycles. The number of aromatic amines is 1. The van der Waals surface area contributed by atoms with Crippen molar-refractivity contribution in [1.82, 2.24) is 4.98 Å². The second-order valence-electron chi connectivity index (χ2n) is 5.57. The van der Waals surface area contributed by atoms with Crippen molar-refractivity contribution in [2.24, 2.45) is 0 Å². The Morgan fingerprint density at radius 3 is 2.92 bits per heavy atom. The van der Waals surface area contributed by atoms with Gasteiger partial charge in [0.2, 0.25) is 5.91 Å². The maximum atomic E-state index is 12.4. The van der Waals surface area contributed by atoms with E-state index in [1.807, 2.05) is 30.5 Å². The molecule has 1 aliphatic rings. The highest BCUT2D eigenvalue weighted by molar-refractivity contribution is 8.00. The van der Waals surface area contributed by atoms with Gasteiger partial charge in [-0.1, -0.05) is 24.3 Å². The van der Waals surface area contributed by atoms with E-state index in [0.29, 0.717) is 11.4 Å². The fourth-order valence-corrected chi connectivity index (χ4v) is 4.22. The topological polar surface area (TPSA) is 83.8 Å². The summed E-state index contributed by atoms with van der Waals surface area (Å²) in [5.74, 6) is 0.361. The molecule has 2 atom stereocenters. The number of thioether (sulfide) groups is 1. The van der Waals surface area contributed by atoms with Crippen LogP contribution in [0.5, 0.6) is 0 Å². The smallest absolute Gasteiger partial charge is 0.238 e. The molecule has 24 heavy (non-hydrogen) atoms. The van der Waals surface area contributed by atoms with Crippen LogP contribution in [0.1, 0.15) is 10.9 Å². The number of para-hydroxylation sites is 1. The average Bonchev–Trinajstić information content (AvgIpc) is 3.18. The largest absolute Gasteiger partial charge is 0.595 e. The maximum absolute atomic E-state index is 12.4. The first-order chi connectivity index (χ1) is 11.6. The molecule has 0 radical (unpaired) electrons. The van der Waals surface area contributed by atoms with E-state index in [0.717, 1.165) is 16.5 Å². The molecule has 0 saturated carbocycles. The number of carbonyl (C=O) groups is 1. The van der Waals surface area contributed by atoms with Crippen molar-refractivity contribution in [1.29, 1.82) is 0 Å². The summed E-state index contributed by atoms with van der Waals surface area (Å²) >= 11 is 1.55. The first-order valence-electron chi connectivity index (χ1n) is 7.48. The zero-order valence-electron chi connectivity index (χ0n) is 12.6. The van der Waals surface area contributed by atoms with Crippen LogP contribution in [0.25, 0.3) is 10.9 Å². The van der Waals surface area contributed by atoms with E-state index in [-0.39, 0.29) is 17.0 Å². The molecule has 4 rings (SSSR count). The number of hydrogen-bond acceptors (Lipinski definition) is 4. The van der Waals surface area contributed by atoms with Crippen LogP contribution in [0.4, 0.5) is 11.4 Å². The zero-order valence-corrected chi connectivity index (χ0v) is 13.4. The molecular weight excluding hydrogens is 326 g/mol. The first kappa shape index (κ1) is 15.2. The van der Waals surface area contributed by atoms with Gasteiger partial charge in [0.25, 0.3) is 0 Å². The summed E-state index contributed by atoms with van der Waals surface area (Å²) in [6.07, 6.45) is 1.93. The Balaban J connectivity index is 1.78. The number of benzene rings is 2. The monoisotopic (exact) mass is 341 g/mol. The number of H-pyrrole nitrogens is 1. The van der Waals surface area contributed by atoms with E-state index >= 15 is 0 Å². The summed E-state index contributed by atoms with van der Waals surface area (Å²) in [5, 5.41) is 20.3. The summed E-state index contributed by atoms with van der Waals surface area (Å²) < 4.78 is 0. The predicted octanol–water partition coefficient (Wildman–Crippen LogP) is 2.35. The number of nitrogens with zero attached hydrogens (tertiary/aromatic N) is 1. The normalized spacial score (nSPS) is 19.2. The van der Waals surface area contributed by atoms with Gasteiger partial charge < -0.3 is 10.2 Å². The van der Waals surface area contributed by atoms with Crippen molar-refractivity contribution in [2.75, 3.05) is 10.7 Å². The molecule has 7 heteroatoms. The molecule has 2 heterocycles. The molecule has 122 valence electrons. The summed E-state index contributed by atoms with van der Waals surface area (Å²) in [7, 11) is 0. The number of aromatic nitrogens is 1. The number of hydrogen-bond donors (Lipinski definition) is 3. The Labute approximate surface area is 142 Å². The van der Waals surface area contributed by atoms with Crippen molar-refractivity contribution in [3.05, 3.63) is 65.5 Å². The van der Waals surface area contributed by atoms with Gasteiger partial charge in [-0.15, -0.1) is 11.8 Å². The number of anilines is 1. The lowest BCUT2D eigenvalue weighted by atomic mass is 10.1. The van der Waals surface area contributed by atoms with Gasteiger partial charge in [-0.2, -0.15) is 5.23 Å². The van der Waals surface area contributed by atoms with Gasteiger partial charge >= 0.3 is 0 Å². The molecule has 2 unspecified atom stereocenters. The number of fused-ring (bicyclic) bond motifs is 1. The minimum atomic E-state index is -1.00. The SMILES string of the molecule is O=C1CSC(c2c[nH]c3ccccc23)N1c1cccc([NH+]([O-])O)c1. The van der Waals surface area contributed by atoms with Gasteiger partial charge in [-0.25, -0.2) is 5.21 Å². The molecule has 0 spiro atoms. The van der Waals surface area contributed by atoms with Crippen LogP contribution in [0.3, 0.4) is 0 Å². The number of carbonyl (C=O) groups excluding carboxylic acids is 1. The molecular formula is C17H15N3O3S. The van der Waals surface area contributed by atoms with E-state index in [1.165, 1.54) is 6.07 Å². The van der Waals surface area contributed by atoms with Crippen LogP contribution in [-0.4, -0.2) is 21.9 Å². The van der Waals surface area contributed by atoms with Gasteiger partial charge in [-0.05, 0) is 12.1 Å². The van der Waals surface area contributed by atoms with Gasteiger partial charge in [0.1, 0.15) is 5.37 Å². The van der Waals surface area contributed by atoms with E-state index in [1.54, 1.807) is 34.9 Å². The van der Waals surface area contributed by atoms with Crippen LogP contribution in [0, 0.1) is 5.21 Å². The molecule has 1 saturated heterocycles. The molecule has 1 aromatic heterocycles. The highest BCUT2D eigenvalue weighted by atomic mass is 32.2. The lowest BCUT2D eigenvalue weighted by Crippen LogP contribution is -2.99. The summed E-state index contributed by atoms with van der Waals surface area (Å²) in [5.41, 5.74) is 2.84. The highest BCUT2D eigenvalue weighted by Crippen LogP contribution is 2.44. The molecule has 3 N–H and O–H groups in total. The Morgan fingerprint density at radius 2 is 2.08 bits per heavy atom. The Bertz CT molecular complexity index is 909. The molecule has 0 bridgehead atoms. The Morgan fingerprint density at radius 1 is 1.25 bits per heavy atom. The minimum Gasteiger partial charge on any atom is -0.595 e. The summed E-state index contributed by atoms with van der Waals surface area (Å²) in [6.45, 7) is 0. The fourth-order valence-electron chi connectivity index (χ4n) is 3.02. The average molecular weight is 341 g/mol. The summed E-state index contributed by atoms with van der Waals surface area (Å²) in [4.78, 5) is 17.4. The van der Waals surface area contributed by atoms with Crippen LogP contribution in [-0.2, 0) is 4.79 Å². The van der Waals surface area contributed by atoms with E-state index < -0.39 is 5.23 Å². The van der Waals surface area contributed by atoms with Crippen molar-refractivity contribution in [3.63, 3.8) is 0 Å².